The SMILES string of the molecule is CP(C)(=O)c1ncncc1N. The summed E-state index contributed by atoms with van der Waals surface area (Å²) in [6, 6.07) is 0. The zero-order chi connectivity index (χ0) is 8.48. The van der Waals surface area contributed by atoms with Crippen LogP contribution in [0.15, 0.2) is 12.5 Å². The number of anilines is 1. The fourth-order valence-electron chi connectivity index (χ4n) is 0.784. The van der Waals surface area contributed by atoms with Crippen LogP contribution in [-0.4, -0.2) is 23.3 Å². The first kappa shape index (κ1) is 8.21. The third-order valence-electron chi connectivity index (χ3n) is 1.23. The Kier molecular flexibility index (Phi) is 1.96. The van der Waals surface area contributed by atoms with Crippen molar-refractivity contribution in [2.24, 2.45) is 0 Å². The van der Waals surface area contributed by atoms with E-state index in [0.717, 1.165) is 0 Å². The van der Waals surface area contributed by atoms with Crippen molar-refractivity contribution >= 4 is 18.3 Å². The van der Waals surface area contributed by atoms with Gasteiger partial charge in [-0.2, -0.15) is 0 Å². The van der Waals surface area contributed by atoms with Crippen LogP contribution >= 0.6 is 7.14 Å². The van der Waals surface area contributed by atoms with Crippen LogP contribution in [0.25, 0.3) is 0 Å². The van der Waals surface area contributed by atoms with E-state index in [9.17, 15) is 4.57 Å². The van der Waals surface area contributed by atoms with Crippen LogP contribution in [0.1, 0.15) is 0 Å². The monoisotopic (exact) mass is 171 g/mol. The molecule has 0 aliphatic rings. The van der Waals surface area contributed by atoms with Crippen molar-refractivity contribution in [1.29, 1.82) is 0 Å². The van der Waals surface area contributed by atoms with Crippen LogP contribution in [0.4, 0.5) is 5.69 Å². The highest BCUT2D eigenvalue weighted by molar-refractivity contribution is 7.70. The number of rotatable bonds is 1. The third-order valence-corrected chi connectivity index (χ3v) is 2.62. The Labute approximate surface area is 65.2 Å². The zero-order valence-corrected chi connectivity index (χ0v) is 7.38. The van der Waals surface area contributed by atoms with E-state index in [1.165, 1.54) is 12.5 Å². The van der Waals surface area contributed by atoms with Gasteiger partial charge in [0.1, 0.15) is 18.9 Å². The Morgan fingerprint density at radius 3 is 2.55 bits per heavy atom. The summed E-state index contributed by atoms with van der Waals surface area (Å²) in [5, 5.41) is 0. The Balaban J connectivity index is 3.25. The first-order chi connectivity index (χ1) is 5.02. The predicted octanol–water partition coefficient (Wildman–Crippen LogP) is 0.307. The maximum Gasteiger partial charge on any atom is 0.129 e. The summed E-state index contributed by atoms with van der Waals surface area (Å²) >= 11 is 0. The minimum atomic E-state index is -2.33. The molecule has 1 rings (SSSR count). The van der Waals surface area contributed by atoms with Gasteiger partial charge in [0.25, 0.3) is 0 Å². The van der Waals surface area contributed by atoms with Gasteiger partial charge in [-0.15, -0.1) is 0 Å². The molecule has 4 nitrogen and oxygen atoms in total. The van der Waals surface area contributed by atoms with E-state index in [1.54, 1.807) is 13.3 Å². The second kappa shape index (κ2) is 2.62. The Morgan fingerprint density at radius 1 is 1.55 bits per heavy atom. The fourth-order valence-corrected chi connectivity index (χ4v) is 1.79. The van der Waals surface area contributed by atoms with Crippen molar-refractivity contribution in [3.63, 3.8) is 0 Å². The van der Waals surface area contributed by atoms with Gasteiger partial charge in [0.2, 0.25) is 0 Å². The topological polar surface area (TPSA) is 68.9 Å². The molecule has 0 fully saturated rings. The highest BCUT2D eigenvalue weighted by Gasteiger charge is 2.15. The van der Waals surface area contributed by atoms with E-state index in [1.807, 2.05) is 0 Å². The molecule has 0 saturated heterocycles. The number of aromatic nitrogens is 2. The normalized spacial score (nSPS) is 11.5. The highest BCUT2D eigenvalue weighted by Crippen LogP contribution is 2.35. The van der Waals surface area contributed by atoms with Gasteiger partial charge in [0, 0.05) is 0 Å². The van der Waals surface area contributed by atoms with Gasteiger partial charge in [0.05, 0.1) is 11.9 Å². The zero-order valence-electron chi connectivity index (χ0n) is 6.48. The van der Waals surface area contributed by atoms with Crippen molar-refractivity contribution in [2.75, 3.05) is 19.1 Å². The van der Waals surface area contributed by atoms with Crippen LogP contribution in [0.3, 0.4) is 0 Å². The van der Waals surface area contributed by atoms with Gasteiger partial charge in [-0.3, -0.25) is 0 Å². The smallest absolute Gasteiger partial charge is 0.129 e. The first-order valence-electron chi connectivity index (χ1n) is 3.13. The molecule has 0 bridgehead atoms. The molecule has 0 atom stereocenters. The average Bonchev–Trinajstić information content (AvgIpc) is 1.86. The van der Waals surface area contributed by atoms with Crippen molar-refractivity contribution in [3.8, 4) is 0 Å². The summed E-state index contributed by atoms with van der Waals surface area (Å²) in [7, 11) is -2.33. The van der Waals surface area contributed by atoms with Crippen molar-refractivity contribution in [3.05, 3.63) is 12.5 Å². The molecule has 0 unspecified atom stereocenters. The lowest BCUT2D eigenvalue weighted by Crippen LogP contribution is -2.13. The van der Waals surface area contributed by atoms with Crippen molar-refractivity contribution in [1.82, 2.24) is 9.97 Å². The molecule has 1 aromatic rings. The van der Waals surface area contributed by atoms with Crippen LogP contribution in [0, 0.1) is 0 Å². The first-order valence-corrected chi connectivity index (χ1v) is 5.73. The number of hydrogen-bond acceptors (Lipinski definition) is 4. The molecule has 1 heterocycles. The third kappa shape index (κ3) is 1.77. The molecular formula is C6H10N3OP. The lowest BCUT2D eigenvalue weighted by molar-refractivity contribution is 0.588. The highest BCUT2D eigenvalue weighted by atomic mass is 31.2. The van der Waals surface area contributed by atoms with Crippen LogP contribution in [0.2, 0.25) is 0 Å². The fraction of sp³-hybridized carbons (Fsp3) is 0.333. The molecule has 0 aliphatic heterocycles. The molecule has 0 spiro atoms. The quantitative estimate of drug-likeness (QED) is 0.617. The molecule has 2 N–H and O–H groups in total. The number of nitrogens with two attached hydrogens (primary N) is 1. The van der Waals surface area contributed by atoms with E-state index in [2.05, 4.69) is 9.97 Å². The van der Waals surface area contributed by atoms with E-state index >= 15 is 0 Å². The van der Waals surface area contributed by atoms with Gasteiger partial charge in [-0.05, 0) is 13.3 Å². The second-order valence-electron chi connectivity index (χ2n) is 2.65. The standard InChI is InChI=1S/C6H10N3OP/c1-11(2,10)6-5(7)3-8-4-9-6/h3-4H,7H2,1-2H3. The Bertz CT molecular complexity index is 306. The molecule has 11 heavy (non-hydrogen) atoms. The summed E-state index contributed by atoms with van der Waals surface area (Å²) in [5.41, 5.74) is 6.38. The molecule has 5 heteroatoms. The van der Waals surface area contributed by atoms with Crippen molar-refractivity contribution in [2.45, 2.75) is 0 Å². The van der Waals surface area contributed by atoms with E-state index < -0.39 is 7.14 Å². The van der Waals surface area contributed by atoms with Gasteiger partial charge in [-0.25, -0.2) is 9.97 Å². The van der Waals surface area contributed by atoms with Crippen LogP contribution in [0.5, 0.6) is 0 Å². The Morgan fingerprint density at radius 2 is 2.18 bits per heavy atom. The summed E-state index contributed by atoms with van der Waals surface area (Å²) in [5.74, 6) is 0. The summed E-state index contributed by atoms with van der Waals surface area (Å²) in [6.07, 6.45) is 2.81. The number of nitrogens with zero attached hydrogens (tertiary/aromatic N) is 2. The maximum atomic E-state index is 11.5. The van der Waals surface area contributed by atoms with Crippen LogP contribution in [-0.2, 0) is 4.57 Å². The molecule has 0 amide bonds. The van der Waals surface area contributed by atoms with Crippen molar-refractivity contribution < 1.29 is 4.57 Å². The molecule has 0 saturated carbocycles. The summed E-state index contributed by atoms with van der Waals surface area (Å²) in [6.45, 7) is 3.26. The number of hydrogen-bond donors (Lipinski definition) is 1. The largest absolute Gasteiger partial charge is 0.396 e. The minimum absolute atomic E-state index is 0.404. The van der Waals surface area contributed by atoms with E-state index in [4.69, 9.17) is 5.73 Å². The number of nitrogen functional groups attached to an aromatic ring is 1. The van der Waals surface area contributed by atoms with E-state index in [0.29, 0.717) is 11.1 Å². The maximum absolute atomic E-state index is 11.5. The Hall–Kier alpha value is -0.890. The molecular weight excluding hydrogens is 161 g/mol. The lowest BCUT2D eigenvalue weighted by atomic mass is 10.6. The molecule has 60 valence electrons. The van der Waals surface area contributed by atoms with Gasteiger partial charge in [0.15, 0.2) is 0 Å². The molecule has 0 aliphatic carbocycles. The summed E-state index contributed by atoms with van der Waals surface area (Å²) in [4.78, 5) is 7.55. The molecule has 1 aromatic heterocycles. The average molecular weight is 171 g/mol. The van der Waals surface area contributed by atoms with Gasteiger partial charge in [-0.1, -0.05) is 0 Å². The molecule has 0 radical (unpaired) electrons. The van der Waals surface area contributed by atoms with Crippen LogP contribution < -0.4 is 11.2 Å². The van der Waals surface area contributed by atoms with E-state index in [-0.39, 0.29) is 0 Å². The van der Waals surface area contributed by atoms with Gasteiger partial charge < -0.3 is 10.3 Å². The summed E-state index contributed by atoms with van der Waals surface area (Å²) < 4.78 is 11.5. The predicted molar refractivity (Wildman–Crippen MR) is 45.5 cm³/mol. The van der Waals surface area contributed by atoms with Gasteiger partial charge >= 0.3 is 0 Å². The minimum Gasteiger partial charge on any atom is -0.396 e. The lowest BCUT2D eigenvalue weighted by Gasteiger charge is -2.06. The molecule has 0 aromatic carbocycles. The second-order valence-corrected chi connectivity index (χ2v) is 5.78.